The third kappa shape index (κ3) is 4.93. The van der Waals surface area contributed by atoms with Gasteiger partial charge < -0.3 is 10.4 Å². The van der Waals surface area contributed by atoms with E-state index in [1.807, 2.05) is 6.07 Å². The van der Waals surface area contributed by atoms with Gasteiger partial charge in [-0.25, -0.2) is 0 Å². The fourth-order valence-corrected chi connectivity index (χ4v) is 2.77. The maximum Gasteiger partial charge on any atom is 0.220 e. The first-order valence-corrected chi connectivity index (χ1v) is 7.28. The highest BCUT2D eigenvalue weighted by atomic mass is 16.3. The summed E-state index contributed by atoms with van der Waals surface area (Å²) in [6.45, 7) is 0.500. The molecular formula is C16H23NO2. The van der Waals surface area contributed by atoms with Crippen molar-refractivity contribution in [2.45, 2.75) is 51.5 Å². The number of carbonyl (C=O) groups excluding carboxylic acids is 1. The number of phenolic OH excluding ortho intramolecular Hbond substituents is 1. The first-order chi connectivity index (χ1) is 9.24. The highest BCUT2D eigenvalue weighted by Gasteiger charge is 2.15. The summed E-state index contributed by atoms with van der Waals surface area (Å²) >= 11 is 0. The summed E-state index contributed by atoms with van der Waals surface area (Å²) in [5.41, 5.74) is 0.939. The molecule has 0 aromatic heterocycles. The van der Waals surface area contributed by atoms with E-state index in [9.17, 15) is 9.90 Å². The summed E-state index contributed by atoms with van der Waals surface area (Å²) in [5.74, 6) is 0.942. The zero-order valence-corrected chi connectivity index (χ0v) is 11.4. The number of hydrogen-bond acceptors (Lipinski definition) is 2. The van der Waals surface area contributed by atoms with E-state index in [1.54, 1.807) is 18.2 Å². The Morgan fingerprint density at radius 3 is 2.63 bits per heavy atom. The molecule has 0 aliphatic heterocycles. The van der Waals surface area contributed by atoms with E-state index in [-0.39, 0.29) is 11.7 Å². The molecule has 0 spiro atoms. The second kappa shape index (κ2) is 7.17. The molecule has 1 aromatic carbocycles. The number of phenols is 1. The third-order valence-electron chi connectivity index (χ3n) is 3.85. The lowest BCUT2D eigenvalue weighted by Crippen LogP contribution is -2.25. The zero-order chi connectivity index (χ0) is 13.5. The minimum Gasteiger partial charge on any atom is -0.508 e. The van der Waals surface area contributed by atoms with E-state index >= 15 is 0 Å². The largest absolute Gasteiger partial charge is 0.508 e. The third-order valence-corrected chi connectivity index (χ3v) is 3.85. The van der Waals surface area contributed by atoms with Gasteiger partial charge in [0.05, 0.1) is 0 Å². The van der Waals surface area contributed by atoms with Crippen molar-refractivity contribution >= 4 is 5.91 Å². The van der Waals surface area contributed by atoms with Crippen molar-refractivity contribution < 1.29 is 9.90 Å². The molecule has 1 fully saturated rings. The van der Waals surface area contributed by atoms with Crippen molar-refractivity contribution in [1.29, 1.82) is 0 Å². The van der Waals surface area contributed by atoms with Crippen LogP contribution in [0.15, 0.2) is 24.3 Å². The quantitative estimate of drug-likeness (QED) is 0.816. The van der Waals surface area contributed by atoms with Crippen LogP contribution in [0.25, 0.3) is 0 Å². The Bertz CT molecular complexity index is 409. The molecule has 0 heterocycles. The van der Waals surface area contributed by atoms with Crippen LogP contribution in [-0.4, -0.2) is 11.0 Å². The van der Waals surface area contributed by atoms with Crippen LogP contribution < -0.4 is 5.32 Å². The predicted octanol–water partition coefficient (Wildman–Crippen LogP) is 3.37. The highest BCUT2D eigenvalue weighted by Crippen LogP contribution is 2.25. The van der Waals surface area contributed by atoms with Crippen LogP contribution in [0.2, 0.25) is 0 Å². The minimum atomic E-state index is 0.134. The van der Waals surface area contributed by atoms with Gasteiger partial charge in [-0.2, -0.15) is 0 Å². The standard InChI is InChI=1S/C16H23NO2/c18-15-9-5-8-14(10-15)12-17-16(19)11-13-6-3-1-2-4-7-13/h5,8-10,13,18H,1-4,6-7,11-12H2,(H,17,19). The lowest BCUT2D eigenvalue weighted by molar-refractivity contribution is -0.122. The molecule has 1 aromatic rings. The Morgan fingerprint density at radius 1 is 1.21 bits per heavy atom. The van der Waals surface area contributed by atoms with E-state index in [0.29, 0.717) is 18.9 Å². The zero-order valence-electron chi connectivity index (χ0n) is 11.4. The summed E-state index contributed by atoms with van der Waals surface area (Å²) in [6.07, 6.45) is 8.22. The van der Waals surface area contributed by atoms with Gasteiger partial charge in [-0.05, 0) is 36.5 Å². The first kappa shape index (κ1) is 13.9. The van der Waals surface area contributed by atoms with Gasteiger partial charge in [-0.3, -0.25) is 4.79 Å². The number of amides is 1. The summed E-state index contributed by atoms with van der Waals surface area (Å²) in [6, 6.07) is 7.02. The maximum absolute atomic E-state index is 11.9. The smallest absolute Gasteiger partial charge is 0.220 e. The van der Waals surface area contributed by atoms with Gasteiger partial charge in [0.25, 0.3) is 0 Å². The van der Waals surface area contributed by atoms with Crippen LogP contribution in [-0.2, 0) is 11.3 Å². The lowest BCUT2D eigenvalue weighted by atomic mass is 9.96. The van der Waals surface area contributed by atoms with Crippen LogP contribution in [0.3, 0.4) is 0 Å². The molecule has 0 atom stereocenters. The Balaban J connectivity index is 1.74. The molecule has 0 radical (unpaired) electrons. The Hall–Kier alpha value is -1.51. The normalized spacial score (nSPS) is 16.8. The van der Waals surface area contributed by atoms with Crippen molar-refractivity contribution in [3.63, 3.8) is 0 Å². The van der Waals surface area contributed by atoms with Crippen LogP contribution in [0, 0.1) is 5.92 Å². The van der Waals surface area contributed by atoms with Gasteiger partial charge in [0.2, 0.25) is 5.91 Å². The SMILES string of the molecule is O=C(CC1CCCCCC1)NCc1cccc(O)c1. The minimum absolute atomic E-state index is 0.134. The van der Waals surface area contributed by atoms with Crippen molar-refractivity contribution in [2.24, 2.45) is 5.92 Å². The molecule has 1 aliphatic rings. The fraction of sp³-hybridized carbons (Fsp3) is 0.562. The monoisotopic (exact) mass is 261 g/mol. The average molecular weight is 261 g/mol. The summed E-state index contributed by atoms with van der Waals surface area (Å²) < 4.78 is 0. The maximum atomic E-state index is 11.9. The molecule has 1 aliphatic carbocycles. The van der Waals surface area contributed by atoms with E-state index in [4.69, 9.17) is 0 Å². The fourth-order valence-electron chi connectivity index (χ4n) is 2.77. The summed E-state index contributed by atoms with van der Waals surface area (Å²) in [5, 5.41) is 12.3. The molecule has 0 saturated heterocycles. The second-order valence-corrected chi connectivity index (χ2v) is 5.51. The number of aromatic hydroxyl groups is 1. The van der Waals surface area contributed by atoms with Crippen molar-refractivity contribution in [3.05, 3.63) is 29.8 Å². The number of nitrogens with one attached hydrogen (secondary N) is 1. The highest BCUT2D eigenvalue weighted by molar-refractivity contribution is 5.76. The number of rotatable bonds is 4. The topological polar surface area (TPSA) is 49.3 Å². The van der Waals surface area contributed by atoms with Crippen LogP contribution >= 0.6 is 0 Å². The summed E-state index contributed by atoms with van der Waals surface area (Å²) in [7, 11) is 0. The molecule has 2 N–H and O–H groups in total. The lowest BCUT2D eigenvalue weighted by Gasteiger charge is -2.13. The van der Waals surface area contributed by atoms with Crippen LogP contribution in [0.1, 0.15) is 50.5 Å². The van der Waals surface area contributed by atoms with Gasteiger partial charge in [-0.1, -0.05) is 37.8 Å². The average Bonchev–Trinajstić information content (AvgIpc) is 2.65. The molecule has 104 valence electrons. The van der Waals surface area contributed by atoms with Gasteiger partial charge in [-0.15, -0.1) is 0 Å². The molecule has 1 amide bonds. The van der Waals surface area contributed by atoms with Crippen LogP contribution in [0.4, 0.5) is 0 Å². The van der Waals surface area contributed by atoms with E-state index in [2.05, 4.69) is 5.32 Å². The van der Waals surface area contributed by atoms with Gasteiger partial charge in [0.1, 0.15) is 5.75 Å². The van der Waals surface area contributed by atoms with Crippen LogP contribution in [0.5, 0.6) is 5.75 Å². The van der Waals surface area contributed by atoms with Crippen molar-refractivity contribution in [2.75, 3.05) is 0 Å². The number of benzene rings is 1. The van der Waals surface area contributed by atoms with Gasteiger partial charge >= 0.3 is 0 Å². The van der Waals surface area contributed by atoms with Gasteiger partial charge in [0, 0.05) is 13.0 Å². The number of hydrogen-bond donors (Lipinski definition) is 2. The molecule has 19 heavy (non-hydrogen) atoms. The Morgan fingerprint density at radius 2 is 1.95 bits per heavy atom. The molecule has 0 bridgehead atoms. The molecule has 0 unspecified atom stereocenters. The molecule has 3 heteroatoms. The molecular weight excluding hydrogens is 238 g/mol. The van der Waals surface area contributed by atoms with E-state index in [0.717, 1.165) is 5.56 Å². The van der Waals surface area contributed by atoms with E-state index < -0.39 is 0 Å². The number of carbonyl (C=O) groups is 1. The summed E-state index contributed by atoms with van der Waals surface area (Å²) in [4.78, 5) is 11.9. The van der Waals surface area contributed by atoms with Crippen molar-refractivity contribution in [1.82, 2.24) is 5.32 Å². The second-order valence-electron chi connectivity index (χ2n) is 5.51. The predicted molar refractivity (Wildman–Crippen MR) is 75.8 cm³/mol. The molecule has 2 rings (SSSR count). The van der Waals surface area contributed by atoms with Crippen molar-refractivity contribution in [3.8, 4) is 5.75 Å². The molecule has 1 saturated carbocycles. The Kier molecular flexibility index (Phi) is 5.25. The van der Waals surface area contributed by atoms with Gasteiger partial charge in [0.15, 0.2) is 0 Å². The molecule has 3 nitrogen and oxygen atoms in total. The Labute approximate surface area is 115 Å². The first-order valence-electron chi connectivity index (χ1n) is 7.28. The van der Waals surface area contributed by atoms with E-state index in [1.165, 1.54) is 38.5 Å².